The van der Waals surface area contributed by atoms with Crippen LogP contribution < -0.4 is 10.6 Å². The lowest BCUT2D eigenvalue weighted by atomic mass is 10.2. The number of nitrogens with one attached hydrogen (secondary N) is 2. The van der Waals surface area contributed by atoms with Crippen molar-refractivity contribution in [1.29, 1.82) is 0 Å². The first-order valence-electron chi connectivity index (χ1n) is 7.67. The minimum Gasteiger partial charge on any atom is -0.465 e. The van der Waals surface area contributed by atoms with Gasteiger partial charge in [-0.15, -0.1) is 0 Å². The normalized spacial score (nSPS) is 13.2. The average molecular weight is 326 g/mol. The van der Waals surface area contributed by atoms with E-state index < -0.39 is 5.97 Å². The van der Waals surface area contributed by atoms with Gasteiger partial charge in [-0.25, -0.2) is 14.8 Å². The molecule has 3 rings (SSSR count). The maximum Gasteiger partial charge on any atom is 0.337 e. The van der Waals surface area contributed by atoms with Crippen LogP contribution in [0, 0.1) is 6.92 Å². The van der Waals surface area contributed by atoms with E-state index in [2.05, 4.69) is 25.3 Å². The van der Waals surface area contributed by atoms with E-state index >= 15 is 0 Å². The summed E-state index contributed by atoms with van der Waals surface area (Å²) in [5, 5.41) is 5.95. The Morgan fingerprint density at radius 2 is 1.88 bits per heavy atom. The predicted octanol–water partition coefficient (Wildman–Crippen LogP) is 2.40. The quantitative estimate of drug-likeness (QED) is 0.820. The number of esters is 1. The molecule has 0 atom stereocenters. The van der Waals surface area contributed by atoms with Gasteiger partial charge in [0.05, 0.1) is 12.7 Å². The number of carbonyl (C=O) groups excluding carboxylic acids is 2. The maximum atomic E-state index is 12.4. The molecule has 24 heavy (non-hydrogen) atoms. The minimum atomic E-state index is -0.421. The fourth-order valence-electron chi connectivity index (χ4n) is 2.16. The van der Waals surface area contributed by atoms with Crippen LogP contribution in [0.25, 0.3) is 0 Å². The number of aromatic nitrogens is 2. The van der Waals surface area contributed by atoms with E-state index in [4.69, 9.17) is 0 Å². The lowest BCUT2D eigenvalue weighted by Gasteiger charge is -2.08. The number of hydrogen-bond donors (Lipinski definition) is 2. The van der Waals surface area contributed by atoms with Crippen molar-refractivity contribution in [3.05, 3.63) is 47.3 Å². The van der Waals surface area contributed by atoms with Gasteiger partial charge < -0.3 is 15.4 Å². The Kier molecular flexibility index (Phi) is 4.41. The van der Waals surface area contributed by atoms with Crippen molar-refractivity contribution in [3.63, 3.8) is 0 Å². The standard InChI is InChI=1S/C17H18N4O3/c1-10-9-14(21-17(18-10)20-13-7-8-13)15(22)19-12-5-3-11(4-6-12)16(23)24-2/h3-6,9,13H,7-8H2,1-2H3,(H,19,22)(H,18,20,21). The van der Waals surface area contributed by atoms with Gasteiger partial charge in [0.15, 0.2) is 0 Å². The SMILES string of the molecule is COC(=O)c1ccc(NC(=O)c2cc(C)nc(NC3CC3)n2)cc1. The van der Waals surface area contributed by atoms with Crippen molar-refractivity contribution in [1.82, 2.24) is 9.97 Å². The molecule has 124 valence electrons. The number of benzene rings is 1. The zero-order valence-corrected chi connectivity index (χ0v) is 13.5. The summed E-state index contributed by atoms with van der Waals surface area (Å²) < 4.78 is 4.64. The van der Waals surface area contributed by atoms with Gasteiger partial charge in [0.2, 0.25) is 5.95 Å². The van der Waals surface area contributed by atoms with Gasteiger partial charge in [0.1, 0.15) is 5.69 Å². The zero-order valence-electron chi connectivity index (χ0n) is 13.5. The molecule has 0 bridgehead atoms. The van der Waals surface area contributed by atoms with Crippen LogP contribution in [0.15, 0.2) is 30.3 Å². The van der Waals surface area contributed by atoms with Gasteiger partial charge in [0.25, 0.3) is 5.91 Å². The summed E-state index contributed by atoms with van der Waals surface area (Å²) >= 11 is 0. The van der Waals surface area contributed by atoms with Crippen molar-refractivity contribution >= 4 is 23.5 Å². The van der Waals surface area contributed by atoms with Crippen molar-refractivity contribution in [3.8, 4) is 0 Å². The first kappa shape index (κ1) is 15.9. The van der Waals surface area contributed by atoms with Crippen molar-refractivity contribution in [2.75, 3.05) is 17.7 Å². The Labute approximate surface area is 139 Å². The molecule has 7 heteroatoms. The molecule has 0 radical (unpaired) electrons. The third kappa shape index (κ3) is 3.87. The molecule has 1 amide bonds. The van der Waals surface area contributed by atoms with Crippen molar-refractivity contribution in [2.24, 2.45) is 0 Å². The summed E-state index contributed by atoms with van der Waals surface area (Å²) in [5.41, 5.74) is 2.01. The number of anilines is 2. The van der Waals surface area contributed by atoms with Gasteiger partial charge in [-0.2, -0.15) is 0 Å². The van der Waals surface area contributed by atoms with Crippen LogP contribution in [0.4, 0.5) is 11.6 Å². The number of rotatable bonds is 5. The van der Waals surface area contributed by atoms with Crippen LogP contribution in [-0.4, -0.2) is 35.0 Å². The molecule has 0 spiro atoms. The molecule has 0 saturated heterocycles. The van der Waals surface area contributed by atoms with Crippen LogP contribution >= 0.6 is 0 Å². The summed E-state index contributed by atoms with van der Waals surface area (Å²) in [4.78, 5) is 32.3. The highest BCUT2D eigenvalue weighted by Crippen LogP contribution is 2.23. The molecule has 1 aromatic carbocycles. The summed E-state index contributed by atoms with van der Waals surface area (Å²) in [6.07, 6.45) is 2.21. The number of methoxy groups -OCH3 is 1. The number of hydrogen-bond acceptors (Lipinski definition) is 6. The second-order valence-corrected chi connectivity index (χ2v) is 5.66. The Morgan fingerprint density at radius 3 is 2.50 bits per heavy atom. The highest BCUT2D eigenvalue weighted by Gasteiger charge is 2.22. The molecule has 7 nitrogen and oxygen atoms in total. The van der Waals surface area contributed by atoms with E-state index in [-0.39, 0.29) is 5.91 Å². The van der Waals surface area contributed by atoms with Gasteiger partial charge in [0, 0.05) is 17.4 Å². The van der Waals surface area contributed by atoms with Crippen molar-refractivity contribution in [2.45, 2.75) is 25.8 Å². The van der Waals surface area contributed by atoms with Crippen LogP contribution in [0.3, 0.4) is 0 Å². The lowest BCUT2D eigenvalue weighted by molar-refractivity contribution is 0.0600. The molecule has 2 aromatic rings. The molecule has 1 aromatic heterocycles. The number of nitrogens with zero attached hydrogens (tertiary/aromatic N) is 2. The zero-order chi connectivity index (χ0) is 17.1. The molecule has 1 aliphatic rings. The minimum absolute atomic E-state index is 0.294. The van der Waals surface area contributed by atoms with E-state index in [1.165, 1.54) is 7.11 Å². The first-order valence-corrected chi connectivity index (χ1v) is 7.67. The van der Waals surface area contributed by atoms with Crippen molar-refractivity contribution < 1.29 is 14.3 Å². The Morgan fingerprint density at radius 1 is 1.17 bits per heavy atom. The highest BCUT2D eigenvalue weighted by atomic mass is 16.5. The van der Waals surface area contributed by atoms with Gasteiger partial charge in [-0.1, -0.05) is 0 Å². The summed E-state index contributed by atoms with van der Waals surface area (Å²) in [6.45, 7) is 1.82. The maximum absolute atomic E-state index is 12.4. The Balaban J connectivity index is 1.72. The molecule has 1 fully saturated rings. The fourth-order valence-corrected chi connectivity index (χ4v) is 2.16. The number of aryl methyl sites for hydroxylation is 1. The van der Waals surface area contributed by atoms with Crippen LogP contribution in [0.2, 0.25) is 0 Å². The Bertz CT molecular complexity index is 770. The second-order valence-electron chi connectivity index (χ2n) is 5.66. The van der Waals surface area contributed by atoms with E-state index in [0.29, 0.717) is 28.9 Å². The third-order valence-electron chi connectivity index (χ3n) is 3.56. The Hall–Kier alpha value is -2.96. The van der Waals surface area contributed by atoms with Gasteiger partial charge >= 0.3 is 5.97 Å². The van der Waals surface area contributed by atoms with E-state index in [9.17, 15) is 9.59 Å². The molecule has 2 N–H and O–H groups in total. The van der Waals surface area contributed by atoms with Crippen LogP contribution in [-0.2, 0) is 4.74 Å². The van der Waals surface area contributed by atoms with E-state index in [1.54, 1.807) is 30.3 Å². The summed E-state index contributed by atoms with van der Waals surface area (Å²) in [6, 6.07) is 8.51. The average Bonchev–Trinajstić information content (AvgIpc) is 3.38. The molecular formula is C17H18N4O3. The summed E-state index contributed by atoms with van der Waals surface area (Å²) in [7, 11) is 1.32. The molecule has 0 aliphatic heterocycles. The largest absolute Gasteiger partial charge is 0.465 e. The van der Waals surface area contributed by atoms with E-state index in [1.807, 2.05) is 6.92 Å². The third-order valence-corrected chi connectivity index (χ3v) is 3.56. The molecule has 0 unspecified atom stereocenters. The first-order chi connectivity index (χ1) is 11.5. The molecule has 1 heterocycles. The van der Waals surface area contributed by atoms with Gasteiger partial charge in [-0.05, 0) is 50.1 Å². The smallest absolute Gasteiger partial charge is 0.337 e. The highest BCUT2D eigenvalue weighted by molar-refractivity contribution is 6.03. The molecular weight excluding hydrogens is 308 g/mol. The number of ether oxygens (including phenoxy) is 1. The van der Waals surface area contributed by atoms with E-state index in [0.717, 1.165) is 18.5 Å². The monoisotopic (exact) mass is 326 g/mol. The van der Waals surface area contributed by atoms with Crippen LogP contribution in [0.1, 0.15) is 39.4 Å². The number of amides is 1. The predicted molar refractivity (Wildman–Crippen MR) is 89.1 cm³/mol. The van der Waals surface area contributed by atoms with Crippen LogP contribution in [0.5, 0.6) is 0 Å². The fraction of sp³-hybridized carbons (Fsp3) is 0.294. The van der Waals surface area contributed by atoms with Gasteiger partial charge in [-0.3, -0.25) is 4.79 Å². The lowest BCUT2D eigenvalue weighted by Crippen LogP contribution is -2.16. The molecule has 1 aliphatic carbocycles. The second kappa shape index (κ2) is 6.66. The topological polar surface area (TPSA) is 93.2 Å². The molecule has 1 saturated carbocycles. The summed E-state index contributed by atoms with van der Waals surface area (Å²) in [5.74, 6) is -0.274. The number of carbonyl (C=O) groups is 2.